The largest absolute Gasteiger partial charge is 0.399 e. The number of hydrogen-bond acceptors (Lipinski definition) is 4. The van der Waals surface area contributed by atoms with E-state index in [2.05, 4.69) is 15.9 Å². The zero-order chi connectivity index (χ0) is 14.7. The highest BCUT2D eigenvalue weighted by atomic mass is 79.9. The number of anilines is 1. The summed E-state index contributed by atoms with van der Waals surface area (Å²) in [7, 11) is 0. The highest BCUT2D eigenvalue weighted by Crippen LogP contribution is 2.31. The number of nitrogens with zero attached hydrogens (tertiary/aromatic N) is 1. The van der Waals surface area contributed by atoms with Gasteiger partial charge < -0.3 is 5.73 Å². The molecule has 0 aliphatic rings. The molecule has 0 atom stereocenters. The molecular weight excluding hydrogens is 347 g/mol. The number of thioether (sulfide) groups is 1. The summed E-state index contributed by atoms with van der Waals surface area (Å²) in [5.41, 5.74) is 6.50. The van der Waals surface area contributed by atoms with E-state index in [1.54, 1.807) is 18.2 Å². The SMILES string of the molecule is Nc1cc(F)cc(SCc2ccc(Br)cc2[N+](=O)[O-])c1. The number of nitrogen functional groups attached to an aromatic ring is 1. The first kappa shape index (κ1) is 14.8. The molecule has 2 rings (SSSR count). The number of nitrogens with two attached hydrogens (primary N) is 1. The van der Waals surface area contributed by atoms with Crippen LogP contribution in [0, 0.1) is 15.9 Å². The highest BCUT2D eigenvalue weighted by Gasteiger charge is 2.14. The first-order chi connectivity index (χ1) is 9.45. The second-order valence-electron chi connectivity index (χ2n) is 4.04. The summed E-state index contributed by atoms with van der Waals surface area (Å²) in [6.45, 7) is 0. The Kier molecular flexibility index (Phi) is 4.61. The van der Waals surface area contributed by atoms with Crippen LogP contribution in [-0.2, 0) is 5.75 Å². The summed E-state index contributed by atoms with van der Waals surface area (Å²) < 4.78 is 13.9. The normalized spacial score (nSPS) is 10.5. The van der Waals surface area contributed by atoms with Gasteiger partial charge in [-0.15, -0.1) is 11.8 Å². The van der Waals surface area contributed by atoms with Crippen LogP contribution in [-0.4, -0.2) is 4.92 Å². The minimum absolute atomic E-state index is 0.0382. The fourth-order valence-electron chi connectivity index (χ4n) is 1.66. The van der Waals surface area contributed by atoms with E-state index in [0.29, 0.717) is 26.4 Å². The van der Waals surface area contributed by atoms with E-state index in [-0.39, 0.29) is 5.69 Å². The van der Waals surface area contributed by atoms with Crippen LogP contribution in [0.5, 0.6) is 0 Å². The van der Waals surface area contributed by atoms with Gasteiger partial charge in [-0.25, -0.2) is 4.39 Å². The van der Waals surface area contributed by atoms with Crippen molar-refractivity contribution in [3.8, 4) is 0 Å². The summed E-state index contributed by atoms with van der Waals surface area (Å²) in [4.78, 5) is 11.2. The molecule has 0 spiro atoms. The highest BCUT2D eigenvalue weighted by molar-refractivity contribution is 9.10. The molecule has 0 saturated heterocycles. The van der Waals surface area contributed by atoms with Crippen molar-refractivity contribution in [2.75, 3.05) is 5.73 Å². The summed E-state index contributed by atoms with van der Waals surface area (Å²) in [6, 6.07) is 9.09. The topological polar surface area (TPSA) is 69.2 Å². The zero-order valence-electron chi connectivity index (χ0n) is 10.2. The summed E-state index contributed by atoms with van der Waals surface area (Å²) in [6.07, 6.45) is 0. The lowest BCUT2D eigenvalue weighted by atomic mass is 10.2. The molecule has 0 aliphatic heterocycles. The molecular formula is C13H10BrFN2O2S. The lowest BCUT2D eigenvalue weighted by Gasteiger charge is -2.05. The molecule has 0 fully saturated rings. The Morgan fingerprint density at radius 3 is 2.70 bits per heavy atom. The fraction of sp³-hybridized carbons (Fsp3) is 0.0769. The Hall–Kier alpha value is -1.60. The smallest absolute Gasteiger partial charge is 0.274 e. The molecule has 0 aromatic heterocycles. The molecule has 0 bridgehead atoms. The summed E-state index contributed by atoms with van der Waals surface area (Å²) in [5, 5.41) is 11.0. The van der Waals surface area contributed by atoms with Gasteiger partial charge in [0.2, 0.25) is 0 Å². The number of rotatable bonds is 4. The van der Waals surface area contributed by atoms with Crippen LogP contribution in [0.2, 0.25) is 0 Å². The Labute approximate surface area is 127 Å². The van der Waals surface area contributed by atoms with Gasteiger partial charge >= 0.3 is 0 Å². The lowest BCUT2D eigenvalue weighted by Crippen LogP contribution is -1.94. The quantitative estimate of drug-likeness (QED) is 0.382. The predicted octanol–water partition coefficient (Wildman–Crippen LogP) is 4.37. The number of benzene rings is 2. The average Bonchev–Trinajstić information content (AvgIpc) is 2.36. The third-order valence-electron chi connectivity index (χ3n) is 2.53. The van der Waals surface area contributed by atoms with Gasteiger partial charge in [-0.1, -0.05) is 22.0 Å². The van der Waals surface area contributed by atoms with Crippen molar-refractivity contribution in [3.05, 3.63) is 62.4 Å². The lowest BCUT2D eigenvalue weighted by molar-refractivity contribution is -0.385. The Morgan fingerprint density at radius 2 is 2.05 bits per heavy atom. The van der Waals surface area contributed by atoms with E-state index in [9.17, 15) is 14.5 Å². The van der Waals surface area contributed by atoms with Crippen LogP contribution in [0.1, 0.15) is 5.56 Å². The van der Waals surface area contributed by atoms with E-state index >= 15 is 0 Å². The number of nitro groups is 1. The van der Waals surface area contributed by atoms with Gasteiger partial charge in [-0.3, -0.25) is 10.1 Å². The van der Waals surface area contributed by atoms with Crippen LogP contribution >= 0.6 is 27.7 Å². The van der Waals surface area contributed by atoms with Gasteiger partial charge in [0.1, 0.15) is 5.82 Å². The molecule has 0 amide bonds. The molecule has 7 heteroatoms. The predicted molar refractivity (Wildman–Crippen MR) is 81.2 cm³/mol. The van der Waals surface area contributed by atoms with Crippen LogP contribution in [0.3, 0.4) is 0 Å². The molecule has 2 aromatic carbocycles. The maximum atomic E-state index is 13.2. The van der Waals surface area contributed by atoms with Gasteiger partial charge in [0, 0.05) is 32.4 Å². The standard InChI is InChI=1S/C13H10BrFN2O2S/c14-9-2-1-8(13(3-9)17(18)19)7-20-12-5-10(15)4-11(16)6-12/h1-6H,7,16H2. The Bertz CT molecular complexity index is 647. The molecule has 0 unspecified atom stereocenters. The van der Waals surface area contributed by atoms with Gasteiger partial charge in [0.15, 0.2) is 0 Å². The first-order valence-corrected chi connectivity index (χ1v) is 7.35. The molecule has 0 saturated carbocycles. The van der Waals surface area contributed by atoms with Crippen molar-refractivity contribution in [1.29, 1.82) is 0 Å². The maximum Gasteiger partial charge on any atom is 0.274 e. The van der Waals surface area contributed by atoms with Gasteiger partial charge in [0.25, 0.3) is 5.69 Å². The summed E-state index contributed by atoms with van der Waals surface area (Å²) >= 11 is 4.50. The van der Waals surface area contributed by atoms with Crippen molar-refractivity contribution in [2.45, 2.75) is 10.6 Å². The Balaban J connectivity index is 2.20. The minimum Gasteiger partial charge on any atom is -0.399 e. The van der Waals surface area contributed by atoms with Gasteiger partial charge in [0.05, 0.1) is 4.92 Å². The van der Waals surface area contributed by atoms with Gasteiger partial charge in [-0.05, 0) is 24.3 Å². The molecule has 104 valence electrons. The third-order valence-corrected chi connectivity index (χ3v) is 4.05. The molecule has 2 aromatic rings. The van der Waals surface area contributed by atoms with Crippen molar-refractivity contribution in [2.24, 2.45) is 0 Å². The van der Waals surface area contributed by atoms with Gasteiger partial charge in [-0.2, -0.15) is 0 Å². The van der Waals surface area contributed by atoms with Crippen molar-refractivity contribution >= 4 is 39.1 Å². The van der Waals surface area contributed by atoms with E-state index in [1.165, 1.54) is 30.0 Å². The maximum absolute atomic E-state index is 13.2. The molecule has 4 nitrogen and oxygen atoms in total. The van der Waals surface area contributed by atoms with Crippen molar-refractivity contribution in [1.82, 2.24) is 0 Å². The first-order valence-electron chi connectivity index (χ1n) is 5.57. The Morgan fingerprint density at radius 1 is 1.30 bits per heavy atom. The van der Waals surface area contributed by atoms with Crippen molar-refractivity contribution in [3.63, 3.8) is 0 Å². The molecule has 2 N–H and O–H groups in total. The molecule has 0 radical (unpaired) electrons. The van der Waals surface area contributed by atoms with Crippen LogP contribution in [0.15, 0.2) is 45.8 Å². The van der Waals surface area contributed by atoms with E-state index < -0.39 is 10.7 Å². The number of nitro benzene ring substituents is 1. The fourth-order valence-corrected chi connectivity index (χ4v) is 2.99. The monoisotopic (exact) mass is 356 g/mol. The molecule has 0 heterocycles. The van der Waals surface area contributed by atoms with E-state index in [1.807, 2.05) is 0 Å². The third kappa shape index (κ3) is 3.71. The van der Waals surface area contributed by atoms with Crippen molar-refractivity contribution < 1.29 is 9.31 Å². The van der Waals surface area contributed by atoms with E-state index in [0.717, 1.165) is 0 Å². The number of halogens is 2. The summed E-state index contributed by atoms with van der Waals surface area (Å²) in [5.74, 6) is -0.0512. The number of hydrogen-bond donors (Lipinski definition) is 1. The van der Waals surface area contributed by atoms with Crippen LogP contribution in [0.4, 0.5) is 15.8 Å². The second kappa shape index (κ2) is 6.23. The van der Waals surface area contributed by atoms with Crippen LogP contribution in [0.25, 0.3) is 0 Å². The average molecular weight is 357 g/mol. The molecule has 20 heavy (non-hydrogen) atoms. The zero-order valence-corrected chi connectivity index (χ0v) is 12.6. The minimum atomic E-state index is -0.430. The van der Waals surface area contributed by atoms with E-state index in [4.69, 9.17) is 5.73 Å². The second-order valence-corrected chi connectivity index (χ2v) is 6.00. The van der Waals surface area contributed by atoms with Crippen LogP contribution < -0.4 is 5.73 Å². The molecule has 0 aliphatic carbocycles.